The topological polar surface area (TPSA) is 74.6 Å². The molecule has 5 rings (SSSR count). The average molecular weight is 482 g/mol. The molecule has 0 aliphatic carbocycles. The van der Waals surface area contributed by atoms with Crippen LogP contribution in [0.4, 0.5) is 17.1 Å². The Kier molecular flexibility index (Phi) is 5.74. The van der Waals surface area contributed by atoms with Crippen molar-refractivity contribution in [1.29, 1.82) is 0 Å². The van der Waals surface area contributed by atoms with E-state index < -0.39 is 10.9 Å². The second kappa shape index (κ2) is 8.71. The number of nitrogens with one attached hydrogen (secondary N) is 2. The molecule has 33 heavy (non-hydrogen) atoms. The molecule has 0 saturated heterocycles. The van der Waals surface area contributed by atoms with E-state index >= 15 is 0 Å². The Morgan fingerprint density at radius 3 is 2.67 bits per heavy atom. The third-order valence-electron chi connectivity index (χ3n) is 5.98. The van der Waals surface area contributed by atoms with E-state index in [4.69, 9.17) is 27.6 Å². The van der Waals surface area contributed by atoms with Gasteiger partial charge in [0.15, 0.2) is 0 Å². The van der Waals surface area contributed by atoms with Crippen LogP contribution < -0.4 is 21.5 Å². The number of likely N-dealkylation sites (N-methyl/N-ethyl adjacent to an activating group) is 1. The molecule has 2 heterocycles. The largest absolute Gasteiger partial charge is 0.467 e. The molecule has 168 valence electrons. The molecular formula is C25H21Cl2N3O3. The van der Waals surface area contributed by atoms with Crippen molar-refractivity contribution >= 4 is 40.3 Å². The molecule has 1 unspecified atom stereocenters. The summed E-state index contributed by atoms with van der Waals surface area (Å²) in [5.41, 5.74) is 3.43. The Labute approximate surface area is 200 Å². The first-order chi connectivity index (χ1) is 15.9. The van der Waals surface area contributed by atoms with Crippen molar-refractivity contribution in [2.45, 2.75) is 19.0 Å². The molecule has 0 bridgehead atoms. The van der Waals surface area contributed by atoms with Crippen molar-refractivity contribution in [3.05, 3.63) is 108 Å². The second-order valence-electron chi connectivity index (χ2n) is 8.30. The van der Waals surface area contributed by atoms with Gasteiger partial charge in [-0.1, -0.05) is 35.3 Å². The molecule has 4 aromatic rings. The van der Waals surface area contributed by atoms with Crippen molar-refractivity contribution < 1.29 is 4.42 Å². The van der Waals surface area contributed by atoms with Gasteiger partial charge in [-0.05, 0) is 60.1 Å². The molecule has 0 saturated carbocycles. The first-order valence-corrected chi connectivity index (χ1v) is 11.3. The van der Waals surface area contributed by atoms with Gasteiger partial charge in [-0.3, -0.25) is 9.59 Å². The van der Waals surface area contributed by atoms with E-state index in [0.29, 0.717) is 22.4 Å². The van der Waals surface area contributed by atoms with Crippen LogP contribution in [0.1, 0.15) is 28.4 Å². The number of anilines is 3. The Hall–Kier alpha value is -3.06. The smallest absolute Gasteiger partial charge is 0.253 e. The lowest BCUT2D eigenvalue weighted by Gasteiger charge is -2.33. The third kappa shape index (κ3) is 4.17. The van der Waals surface area contributed by atoms with Crippen LogP contribution in [0, 0.1) is 0 Å². The lowest BCUT2D eigenvalue weighted by Crippen LogP contribution is -2.36. The summed E-state index contributed by atoms with van der Waals surface area (Å²) in [6, 6.07) is 15.2. The van der Waals surface area contributed by atoms with E-state index in [9.17, 15) is 9.59 Å². The standard InChI is InChI=1S/C25H21Cl2N3O3/c1-30-12-19(18-9-15(26)10-21(27)20(18)13-30)14-4-2-5-16(8-14)29-23-22(24(31)25(23)32)28-11-17-6-3-7-33-17/h2-10,19,28-29H,11-13H2,1H3. The van der Waals surface area contributed by atoms with Gasteiger partial charge in [0, 0.05) is 34.7 Å². The van der Waals surface area contributed by atoms with E-state index in [1.165, 1.54) is 0 Å². The van der Waals surface area contributed by atoms with Crippen LogP contribution in [0.3, 0.4) is 0 Å². The van der Waals surface area contributed by atoms with Crippen LogP contribution in [0.15, 0.2) is 68.8 Å². The average Bonchev–Trinajstić information content (AvgIpc) is 3.32. The zero-order valence-electron chi connectivity index (χ0n) is 17.8. The maximum absolute atomic E-state index is 12.2. The minimum atomic E-state index is -0.538. The monoisotopic (exact) mass is 481 g/mol. The van der Waals surface area contributed by atoms with Gasteiger partial charge < -0.3 is 20.0 Å². The van der Waals surface area contributed by atoms with Crippen LogP contribution in [0.2, 0.25) is 10.0 Å². The number of nitrogens with zero attached hydrogens (tertiary/aromatic N) is 1. The van der Waals surface area contributed by atoms with Crippen molar-refractivity contribution in [3.63, 3.8) is 0 Å². The van der Waals surface area contributed by atoms with Gasteiger partial charge in [0.1, 0.15) is 17.1 Å². The molecule has 8 heteroatoms. The predicted molar refractivity (Wildman–Crippen MR) is 132 cm³/mol. The number of benzene rings is 2. The van der Waals surface area contributed by atoms with Crippen LogP contribution in [0.25, 0.3) is 0 Å². The number of rotatable bonds is 6. The molecule has 1 aromatic heterocycles. The molecule has 6 nitrogen and oxygen atoms in total. The third-order valence-corrected chi connectivity index (χ3v) is 6.54. The van der Waals surface area contributed by atoms with Crippen molar-refractivity contribution in [2.24, 2.45) is 0 Å². The second-order valence-corrected chi connectivity index (χ2v) is 9.14. The molecule has 1 atom stereocenters. The zero-order valence-corrected chi connectivity index (χ0v) is 19.3. The lowest BCUT2D eigenvalue weighted by molar-refractivity contribution is 0.295. The van der Waals surface area contributed by atoms with Gasteiger partial charge in [0.05, 0.1) is 12.8 Å². The van der Waals surface area contributed by atoms with E-state index in [-0.39, 0.29) is 17.3 Å². The van der Waals surface area contributed by atoms with Gasteiger partial charge >= 0.3 is 0 Å². The van der Waals surface area contributed by atoms with Crippen molar-refractivity contribution in [2.75, 3.05) is 24.2 Å². The maximum Gasteiger partial charge on any atom is 0.253 e. The number of furan rings is 1. The zero-order chi connectivity index (χ0) is 23.1. The van der Waals surface area contributed by atoms with Gasteiger partial charge in [-0.2, -0.15) is 0 Å². The summed E-state index contributed by atoms with van der Waals surface area (Å²) in [6.07, 6.45) is 1.56. The molecule has 0 amide bonds. The number of hydrogen-bond donors (Lipinski definition) is 2. The summed E-state index contributed by atoms with van der Waals surface area (Å²) in [4.78, 5) is 26.6. The summed E-state index contributed by atoms with van der Waals surface area (Å²) < 4.78 is 5.28. The Balaban J connectivity index is 1.42. The Bertz CT molecular complexity index is 1390. The highest BCUT2D eigenvalue weighted by Gasteiger charge is 2.27. The highest BCUT2D eigenvalue weighted by atomic mass is 35.5. The summed E-state index contributed by atoms with van der Waals surface area (Å²) >= 11 is 12.8. The lowest BCUT2D eigenvalue weighted by atomic mass is 9.84. The fraction of sp³-hybridized carbons (Fsp3) is 0.200. The molecular weight excluding hydrogens is 461 g/mol. The van der Waals surface area contributed by atoms with Crippen LogP contribution >= 0.6 is 23.2 Å². The Morgan fingerprint density at radius 1 is 1.06 bits per heavy atom. The summed E-state index contributed by atoms with van der Waals surface area (Å²) in [7, 11) is 2.06. The maximum atomic E-state index is 12.2. The highest BCUT2D eigenvalue weighted by Crippen LogP contribution is 2.39. The summed E-state index contributed by atoms with van der Waals surface area (Å²) in [5, 5.41) is 7.40. The van der Waals surface area contributed by atoms with Crippen molar-refractivity contribution in [3.8, 4) is 0 Å². The van der Waals surface area contributed by atoms with Gasteiger partial charge in [0.2, 0.25) is 0 Å². The minimum absolute atomic E-state index is 0.0703. The van der Waals surface area contributed by atoms with E-state index in [0.717, 1.165) is 35.5 Å². The SMILES string of the molecule is CN1Cc2c(Cl)cc(Cl)cc2C(c2cccc(Nc3c(NCc4ccco4)c(=O)c3=O)c2)C1. The van der Waals surface area contributed by atoms with Gasteiger partial charge in [0.25, 0.3) is 10.9 Å². The molecule has 0 spiro atoms. The molecule has 1 aliphatic rings. The summed E-state index contributed by atoms with van der Waals surface area (Å²) in [6.45, 7) is 1.89. The van der Waals surface area contributed by atoms with Crippen LogP contribution in [0.5, 0.6) is 0 Å². The van der Waals surface area contributed by atoms with E-state index in [1.807, 2.05) is 30.3 Å². The van der Waals surface area contributed by atoms with E-state index in [2.05, 4.69) is 22.6 Å². The van der Waals surface area contributed by atoms with Gasteiger partial charge in [-0.15, -0.1) is 0 Å². The van der Waals surface area contributed by atoms with Crippen LogP contribution in [-0.4, -0.2) is 18.5 Å². The Morgan fingerprint density at radius 2 is 1.88 bits per heavy atom. The molecule has 2 N–H and O–H groups in total. The number of halogens is 2. The number of hydrogen-bond acceptors (Lipinski definition) is 6. The highest BCUT2D eigenvalue weighted by molar-refractivity contribution is 6.35. The van der Waals surface area contributed by atoms with Crippen molar-refractivity contribution in [1.82, 2.24) is 4.90 Å². The van der Waals surface area contributed by atoms with Gasteiger partial charge in [-0.25, -0.2) is 0 Å². The molecule has 0 radical (unpaired) electrons. The molecule has 1 aliphatic heterocycles. The predicted octanol–water partition coefficient (Wildman–Crippen LogP) is 5.12. The van der Waals surface area contributed by atoms with E-state index in [1.54, 1.807) is 24.5 Å². The quantitative estimate of drug-likeness (QED) is 0.372. The first-order valence-electron chi connectivity index (χ1n) is 10.5. The molecule has 3 aromatic carbocycles. The first kappa shape index (κ1) is 21.8. The minimum Gasteiger partial charge on any atom is -0.467 e. The fourth-order valence-corrected chi connectivity index (χ4v) is 4.95. The normalized spacial score (nSPS) is 16.0. The summed E-state index contributed by atoms with van der Waals surface area (Å²) in [5.74, 6) is 0.745. The molecule has 0 fully saturated rings. The van der Waals surface area contributed by atoms with Crippen LogP contribution in [-0.2, 0) is 13.1 Å². The fourth-order valence-electron chi connectivity index (χ4n) is 4.38. The number of fused-ring (bicyclic) bond motifs is 1.